The molecule has 1 aromatic rings. The Morgan fingerprint density at radius 3 is 3.00 bits per heavy atom. The number of ether oxygens (including phenoxy) is 1. The predicted octanol–water partition coefficient (Wildman–Crippen LogP) is 0.784. The number of nitrogen functional groups attached to an aromatic ring is 1. The third kappa shape index (κ3) is 2.41. The van der Waals surface area contributed by atoms with Gasteiger partial charge in [0, 0.05) is 11.3 Å². The molecule has 0 aliphatic rings. The Morgan fingerprint density at radius 1 is 1.62 bits per heavy atom. The van der Waals surface area contributed by atoms with Crippen LogP contribution >= 0.6 is 0 Å². The van der Waals surface area contributed by atoms with Gasteiger partial charge in [-0.3, -0.25) is 10.6 Å². The lowest BCUT2D eigenvalue weighted by molar-refractivity contribution is -0.129. The van der Waals surface area contributed by atoms with Crippen molar-refractivity contribution in [3.63, 3.8) is 0 Å². The van der Waals surface area contributed by atoms with Crippen LogP contribution in [0.5, 0.6) is 0 Å². The highest BCUT2D eigenvalue weighted by atomic mass is 19.1. The molecule has 1 rings (SSSR count). The molecule has 0 aromatic heterocycles. The van der Waals surface area contributed by atoms with E-state index < -0.39 is 5.82 Å². The highest BCUT2D eigenvalue weighted by Gasteiger charge is 2.02. The first-order valence-electron chi connectivity index (χ1n) is 3.58. The molecule has 0 fully saturated rings. The van der Waals surface area contributed by atoms with Gasteiger partial charge in [0.2, 0.25) is 0 Å². The van der Waals surface area contributed by atoms with Crippen molar-refractivity contribution in [1.82, 2.24) is 0 Å². The molecule has 3 N–H and O–H groups in total. The fourth-order valence-corrected chi connectivity index (χ4v) is 0.899. The first-order valence-corrected chi connectivity index (χ1v) is 3.58. The van der Waals surface area contributed by atoms with Crippen LogP contribution in [0.15, 0.2) is 18.2 Å². The SMILES string of the molecule is NNc1ccc(F)c(COC=O)c1. The molecular formula is C8H9FN2O2. The average Bonchev–Trinajstić information content (AvgIpc) is 2.17. The number of anilines is 1. The maximum absolute atomic E-state index is 13.0. The minimum atomic E-state index is -0.430. The van der Waals surface area contributed by atoms with E-state index >= 15 is 0 Å². The third-order valence-corrected chi connectivity index (χ3v) is 1.52. The molecule has 0 unspecified atom stereocenters. The summed E-state index contributed by atoms with van der Waals surface area (Å²) in [6.45, 7) is 0.173. The fraction of sp³-hybridized carbons (Fsp3) is 0.125. The summed E-state index contributed by atoms with van der Waals surface area (Å²) in [7, 11) is 0. The Balaban J connectivity index is 2.83. The second-order valence-corrected chi connectivity index (χ2v) is 2.36. The Labute approximate surface area is 74.5 Å². The number of halogens is 1. The van der Waals surface area contributed by atoms with E-state index in [1.54, 1.807) is 0 Å². The van der Waals surface area contributed by atoms with Gasteiger partial charge in [0.25, 0.3) is 6.47 Å². The fourth-order valence-electron chi connectivity index (χ4n) is 0.899. The first-order chi connectivity index (χ1) is 6.27. The van der Waals surface area contributed by atoms with Gasteiger partial charge in [-0.25, -0.2) is 4.39 Å². The largest absolute Gasteiger partial charge is 0.463 e. The maximum atomic E-state index is 13.0. The molecule has 0 amide bonds. The molecule has 0 heterocycles. The number of hydrogen-bond acceptors (Lipinski definition) is 4. The minimum Gasteiger partial charge on any atom is -0.463 e. The van der Waals surface area contributed by atoms with E-state index in [-0.39, 0.29) is 18.6 Å². The molecule has 1 aromatic carbocycles. The zero-order valence-corrected chi connectivity index (χ0v) is 6.79. The molecule has 5 heteroatoms. The van der Waals surface area contributed by atoms with Crippen molar-refractivity contribution in [3.8, 4) is 0 Å². The second kappa shape index (κ2) is 4.42. The van der Waals surface area contributed by atoms with Gasteiger partial charge in [0.1, 0.15) is 12.4 Å². The lowest BCUT2D eigenvalue weighted by atomic mass is 10.2. The van der Waals surface area contributed by atoms with Crippen LogP contribution in [0.1, 0.15) is 5.56 Å². The molecule has 0 spiro atoms. The summed E-state index contributed by atoms with van der Waals surface area (Å²) in [5, 5.41) is 0. The van der Waals surface area contributed by atoms with Crippen molar-refractivity contribution in [3.05, 3.63) is 29.6 Å². The highest BCUT2D eigenvalue weighted by Crippen LogP contribution is 2.14. The van der Waals surface area contributed by atoms with Gasteiger partial charge in [-0.2, -0.15) is 0 Å². The number of carbonyl (C=O) groups excluding carboxylic acids is 1. The number of benzene rings is 1. The molecule has 0 radical (unpaired) electrons. The summed E-state index contributed by atoms with van der Waals surface area (Å²) >= 11 is 0. The molecule has 0 saturated heterocycles. The normalized spacial score (nSPS) is 9.38. The van der Waals surface area contributed by atoms with Crippen LogP contribution < -0.4 is 11.3 Å². The average molecular weight is 184 g/mol. The van der Waals surface area contributed by atoms with Gasteiger partial charge >= 0.3 is 0 Å². The standard InChI is InChI=1S/C8H9FN2O2/c9-8-2-1-7(11-10)3-6(8)4-13-5-12/h1-3,5,11H,4,10H2. The highest BCUT2D eigenvalue weighted by molar-refractivity contribution is 5.45. The van der Waals surface area contributed by atoms with Crippen molar-refractivity contribution < 1.29 is 13.9 Å². The van der Waals surface area contributed by atoms with E-state index in [1.807, 2.05) is 0 Å². The molecule has 0 atom stereocenters. The van der Waals surface area contributed by atoms with E-state index in [0.29, 0.717) is 5.69 Å². The molecule has 0 saturated carbocycles. The number of hydrogen-bond donors (Lipinski definition) is 2. The Hall–Kier alpha value is -1.62. The molecule has 0 aliphatic heterocycles. The van der Waals surface area contributed by atoms with Crippen LogP contribution in [0.3, 0.4) is 0 Å². The lowest BCUT2D eigenvalue weighted by Crippen LogP contribution is -2.07. The number of carbonyl (C=O) groups is 1. The molecule has 70 valence electrons. The Morgan fingerprint density at radius 2 is 2.38 bits per heavy atom. The van der Waals surface area contributed by atoms with Gasteiger partial charge in [-0.1, -0.05) is 0 Å². The number of nitrogens with two attached hydrogens (primary N) is 1. The smallest absolute Gasteiger partial charge is 0.293 e. The van der Waals surface area contributed by atoms with Gasteiger partial charge in [-0.05, 0) is 18.2 Å². The summed E-state index contributed by atoms with van der Waals surface area (Å²) < 4.78 is 17.4. The van der Waals surface area contributed by atoms with Crippen molar-refractivity contribution in [1.29, 1.82) is 0 Å². The van der Waals surface area contributed by atoms with Crippen LogP contribution in [0, 0.1) is 5.82 Å². The van der Waals surface area contributed by atoms with Gasteiger partial charge in [0.05, 0.1) is 0 Å². The summed E-state index contributed by atoms with van der Waals surface area (Å²) in [6, 6.07) is 4.21. The molecule has 0 aliphatic carbocycles. The van der Waals surface area contributed by atoms with Crippen molar-refractivity contribution in [2.75, 3.05) is 5.43 Å². The van der Waals surface area contributed by atoms with E-state index in [1.165, 1.54) is 18.2 Å². The number of rotatable bonds is 4. The van der Waals surface area contributed by atoms with Crippen LogP contribution in [0.2, 0.25) is 0 Å². The minimum absolute atomic E-state index is 0.0924. The number of nitrogens with one attached hydrogen (secondary N) is 1. The monoisotopic (exact) mass is 184 g/mol. The van der Waals surface area contributed by atoms with Gasteiger partial charge < -0.3 is 10.2 Å². The molecule has 13 heavy (non-hydrogen) atoms. The number of hydrazine groups is 1. The van der Waals surface area contributed by atoms with Crippen LogP contribution in [0.25, 0.3) is 0 Å². The van der Waals surface area contributed by atoms with Crippen LogP contribution in [-0.4, -0.2) is 6.47 Å². The van der Waals surface area contributed by atoms with Gasteiger partial charge in [-0.15, -0.1) is 0 Å². The van der Waals surface area contributed by atoms with Crippen LogP contribution in [-0.2, 0) is 16.1 Å². The lowest BCUT2D eigenvalue weighted by Gasteiger charge is -2.04. The van der Waals surface area contributed by atoms with Crippen molar-refractivity contribution >= 4 is 12.2 Å². The Bertz CT molecular complexity index is 304. The van der Waals surface area contributed by atoms with E-state index in [0.717, 1.165) is 0 Å². The topological polar surface area (TPSA) is 64.3 Å². The zero-order valence-electron chi connectivity index (χ0n) is 6.79. The van der Waals surface area contributed by atoms with Crippen LogP contribution in [0.4, 0.5) is 10.1 Å². The summed E-state index contributed by atoms with van der Waals surface area (Å²) in [4.78, 5) is 9.86. The van der Waals surface area contributed by atoms with E-state index in [2.05, 4.69) is 10.2 Å². The van der Waals surface area contributed by atoms with Crippen molar-refractivity contribution in [2.45, 2.75) is 6.61 Å². The Kier molecular flexibility index (Phi) is 3.22. The quantitative estimate of drug-likeness (QED) is 0.412. The van der Waals surface area contributed by atoms with E-state index in [9.17, 15) is 9.18 Å². The molecule has 4 nitrogen and oxygen atoms in total. The summed E-state index contributed by atoms with van der Waals surface area (Å²) in [5.74, 6) is 4.68. The summed E-state index contributed by atoms with van der Waals surface area (Å²) in [6.07, 6.45) is 0. The van der Waals surface area contributed by atoms with E-state index in [4.69, 9.17) is 5.84 Å². The zero-order chi connectivity index (χ0) is 9.68. The molecule has 0 bridgehead atoms. The van der Waals surface area contributed by atoms with Gasteiger partial charge in [0.15, 0.2) is 0 Å². The molecular weight excluding hydrogens is 175 g/mol. The predicted molar refractivity (Wildman–Crippen MR) is 45.1 cm³/mol. The maximum Gasteiger partial charge on any atom is 0.293 e. The first kappa shape index (κ1) is 9.47. The van der Waals surface area contributed by atoms with Crippen molar-refractivity contribution in [2.24, 2.45) is 5.84 Å². The third-order valence-electron chi connectivity index (χ3n) is 1.52. The second-order valence-electron chi connectivity index (χ2n) is 2.36. The summed E-state index contributed by atoms with van der Waals surface area (Å²) in [5.41, 5.74) is 3.20.